The average Bonchev–Trinajstić information content (AvgIpc) is 2.34. The zero-order valence-corrected chi connectivity index (χ0v) is 10.9. The molecule has 0 aliphatic rings. The van der Waals surface area contributed by atoms with E-state index >= 15 is 0 Å². The van der Waals surface area contributed by atoms with Crippen LogP contribution in [0.25, 0.3) is 0 Å². The van der Waals surface area contributed by atoms with Crippen molar-refractivity contribution in [3.63, 3.8) is 0 Å². The molecule has 17 heavy (non-hydrogen) atoms. The van der Waals surface area contributed by atoms with Crippen LogP contribution in [0.4, 0.5) is 5.69 Å². The number of benzene rings is 2. The Balaban J connectivity index is 2.21. The van der Waals surface area contributed by atoms with Crippen LogP contribution in [0.1, 0.15) is 0 Å². The van der Waals surface area contributed by atoms with Crippen LogP contribution >= 0.6 is 15.9 Å². The van der Waals surface area contributed by atoms with Gasteiger partial charge in [0, 0.05) is 5.69 Å². The van der Waals surface area contributed by atoms with Crippen molar-refractivity contribution < 1.29 is 9.47 Å². The van der Waals surface area contributed by atoms with E-state index in [0.29, 0.717) is 5.69 Å². The molecule has 0 radical (unpaired) electrons. The minimum absolute atomic E-state index is 0.714. The first-order valence-electron chi connectivity index (χ1n) is 5.06. The summed E-state index contributed by atoms with van der Waals surface area (Å²) in [4.78, 5) is 0. The number of methoxy groups -OCH3 is 1. The van der Waals surface area contributed by atoms with Crippen LogP contribution in [0.5, 0.6) is 17.2 Å². The first-order chi connectivity index (χ1) is 8.19. The second kappa shape index (κ2) is 5.10. The maximum Gasteiger partial charge on any atom is 0.141 e. The van der Waals surface area contributed by atoms with Crippen molar-refractivity contribution in [2.24, 2.45) is 0 Å². The van der Waals surface area contributed by atoms with Gasteiger partial charge in [-0.05, 0) is 58.4 Å². The molecule has 0 heterocycles. The largest absolute Gasteiger partial charge is 0.497 e. The molecular weight excluding hydrogens is 282 g/mol. The van der Waals surface area contributed by atoms with E-state index in [0.717, 1.165) is 21.7 Å². The van der Waals surface area contributed by atoms with Gasteiger partial charge in [-0.1, -0.05) is 0 Å². The summed E-state index contributed by atoms with van der Waals surface area (Å²) in [6.07, 6.45) is 0. The quantitative estimate of drug-likeness (QED) is 0.875. The molecule has 0 amide bonds. The van der Waals surface area contributed by atoms with Crippen LogP contribution < -0.4 is 15.2 Å². The summed E-state index contributed by atoms with van der Waals surface area (Å²) >= 11 is 3.43. The van der Waals surface area contributed by atoms with Crippen LogP contribution in [0.2, 0.25) is 0 Å². The maximum absolute atomic E-state index is 5.71. The van der Waals surface area contributed by atoms with E-state index in [1.807, 2.05) is 30.3 Å². The van der Waals surface area contributed by atoms with E-state index in [1.54, 1.807) is 19.2 Å². The summed E-state index contributed by atoms with van der Waals surface area (Å²) in [6, 6.07) is 12.8. The molecule has 0 aliphatic heterocycles. The number of hydrogen-bond acceptors (Lipinski definition) is 3. The molecule has 0 spiro atoms. The van der Waals surface area contributed by atoms with Gasteiger partial charge < -0.3 is 15.2 Å². The second-order valence-electron chi connectivity index (χ2n) is 3.47. The minimum atomic E-state index is 0.714. The van der Waals surface area contributed by atoms with Gasteiger partial charge in [0.05, 0.1) is 11.6 Å². The van der Waals surface area contributed by atoms with Gasteiger partial charge in [-0.15, -0.1) is 0 Å². The molecule has 2 rings (SSSR count). The second-order valence-corrected chi connectivity index (χ2v) is 4.32. The minimum Gasteiger partial charge on any atom is -0.497 e. The van der Waals surface area contributed by atoms with Crippen molar-refractivity contribution in [2.75, 3.05) is 12.8 Å². The number of ether oxygens (including phenoxy) is 2. The predicted octanol–water partition coefficient (Wildman–Crippen LogP) is 3.83. The van der Waals surface area contributed by atoms with E-state index in [9.17, 15) is 0 Å². The highest BCUT2D eigenvalue weighted by Crippen LogP contribution is 2.32. The third-order valence-electron chi connectivity index (χ3n) is 2.25. The maximum atomic E-state index is 5.71. The van der Waals surface area contributed by atoms with Crippen molar-refractivity contribution in [1.29, 1.82) is 0 Å². The Kier molecular flexibility index (Phi) is 3.54. The molecule has 88 valence electrons. The molecule has 2 aromatic carbocycles. The lowest BCUT2D eigenvalue weighted by atomic mass is 10.3. The standard InChI is InChI=1S/C13H12BrNO2/c1-16-11-6-7-13(12(14)8-11)17-10-4-2-9(15)3-5-10/h2-8H,15H2,1H3. The lowest BCUT2D eigenvalue weighted by Gasteiger charge is -2.09. The number of halogens is 1. The lowest BCUT2D eigenvalue weighted by molar-refractivity contribution is 0.412. The number of anilines is 1. The van der Waals surface area contributed by atoms with E-state index in [2.05, 4.69) is 15.9 Å². The fourth-order valence-electron chi connectivity index (χ4n) is 1.35. The third-order valence-corrected chi connectivity index (χ3v) is 2.87. The zero-order valence-electron chi connectivity index (χ0n) is 9.31. The van der Waals surface area contributed by atoms with Crippen LogP contribution in [0, 0.1) is 0 Å². The van der Waals surface area contributed by atoms with Gasteiger partial charge in [0.25, 0.3) is 0 Å². The number of nitrogens with two attached hydrogens (primary N) is 1. The summed E-state index contributed by atoms with van der Waals surface area (Å²) in [7, 11) is 1.63. The van der Waals surface area contributed by atoms with E-state index < -0.39 is 0 Å². The number of hydrogen-bond donors (Lipinski definition) is 1. The Bertz CT molecular complexity index is 511. The molecule has 0 atom stereocenters. The van der Waals surface area contributed by atoms with Gasteiger partial charge in [0.15, 0.2) is 0 Å². The average molecular weight is 294 g/mol. The topological polar surface area (TPSA) is 44.5 Å². The lowest BCUT2D eigenvalue weighted by Crippen LogP contribution is -1.88. The SMILES string of the molecule is COc1ccc(Oc2ccc(N)cc2)c(Br)c1. The van der Waals surface area contributed by atoms with Gasteiger partial charge in [0.2, 0.25) is 0 Å². The molecule has 0 aromatic heterocycles. The molecule has 2 aromatic rings. The van der Waals surface area contributed by atoms with Crippen molar-refractivity contribution in [1.82, 2.24) is 0 Å². The number of rotatable bonds is 3. The highest BCUT2D eigenvalue weighted by atomic mass is 79.9. The van der Waals surface area contributed by atoms with E-state index in [4.69, 9.17) is 15.2 Å². The fourth-order valence-corrected chi connectivity index (χ4v) is 1.79. The summed E-state index contributed by atoms with van der Waals surface area (Å²) < 4.78 is 11.7. The van der Waals surface area contributed by atoms with Crippen LogP contribution in [0.3, 0.4) is 0 Å². The molecule has 4 heteroatoms. The summed E-state index contributed by atoms with van der Waals surface area (Å²) in [6.45, 7) is 0. The third kappa shape index (κ3) is 2.91. The molecule has 0 saturated heterocycles. The molecule has 0 bridgehead atoms. The normalized spacial score (nSPS) is 10.0. The van der Waals surface area contributed by atoms with Crippen LogP contribution in [0.15, 0.2) is 46.9 Å². The molecule has 0 aliphatic carbocycles. The van der Waals surface area contributed by atoms with E-state index in [1.165, 1.54) is 0 Å². The number of nitrogen functional groups attached to an aromatic ring is 1. The molecule has 0 saturated carbocycles. The fraction of sp³-hybridized carbons (Fsp3) is 0.0769. The van der Waals surface area contributed by atoms with Gasteiger partial charge in [0.1, 0.15) is 17.2 Å². The monoisotopic (exact) mass is 293 g/mol. The molecule has 0 fully saturated rings. The molecule has 2 N–H and O–H groups in total. The first kappa shape index (κ1) is 11.8. The van der Waals surface area contributed by atoms with Gasteiger partial charge >= 0.3 is 0 Å². The van der Waals surface area contributed by atoms with Crippen molar-refractivity contribution in [2.45, 2.75) is 0 Å². The Hall–Kier alpha value is -1.68. The van der Waals surface area contributed by atoms with Crippen LogP contribution in [-0.2, 0) is 0 Å². The Morgan fingerprint density at radius 3 is 2.24 bits per heavy atom. The van der Waals surface area contributed by atoms with Crippen LogP contribution in [-0.4, -0.2) is 7.11 Å². The molecule has 0 unspecified atom stereocenters. The summed E-state index contributed by atoms with van der Waals surface area (Å²) in [5.41, 5.74) is 6.32. The van der Waals surface area contributed by atoms with Gasteiger partial charge in [-0.3, -0.25) is 0 Å². The highest BCUT2D eigenvalue weighted by Gasteiger charge is 2.04. The zero-order chi connectivity index (χ0) is 12.3. The summed E-state index contributed by atoms with van der Waals surface area (Å²) in [5.74, 6) is 2.25. The predicted molar refractivity (Wildman–Crippen MR) is 71.6 cm³/mol. The molecular formula is C13H12BrNO2. The Morgan fingerprint density at radius 2 is 1.65 bits per heavy atom. The van der Waals surface area contributed by atoms with Crippen molar-refractivity contribution >= 4 is 21.6 Å². The van der Waals surface area contributed by atoms with Crippen molar-refractivity contribution in [3.8, 4) is 17.2 Å². The van der Waals surface area contributed by atoms with Gasteiger partial charge in [-0.2, -0.15) is 0 Å². The van der Waals surface area contributed by atoms with Crippen molar-refractivity contribution in [3.05, 3.63) is 46.9 Å². The summed E-state index contributed by atoms with van der Waals surface area (Å²) in [5, 5.41) is 0. The molecule has 3 nitrogen and oxygen atoms in total. The smallest absolute Gasteiger partial charge is 0.141 e. The highest BCUT2D eigenvalue weighted by molar-refractivity contribution is 9.10. The van der Waals surface area contributed by atoms with E-state index in [-0.39, 0.29) is 0 Å². The first-order valence-corrected chi connectivity index (χ1v) is 5.85. The Morgan fingerprint density at radius 1 is 1.00 bits per heavy atom. The van der Waals surface area contributed by atoms with Gasteiger partial charge in [-0.25, -0.2) is 0 Å². The Labute approximate surface area is 108 Å².